The summed E-state index contributed by atoms with van der Waals surface area (Å²) in [5, 5.41) is 16.3. The van der Waals surface area contributed by atoms with Gasteiger partial charge in [-0.2, -0.15) is 5.10 Å². The maximum absolute atomic E-state index is 11.5. The molecule has 1 N–H and O–H groups in total. The maximum atomic E-state index is 11.5. The van der Waals surface area contributed by atoms with Gasteiger partial charge in [0.05, 0.1) is 22.9 Å². The Labute approximate surface area is 119 Å². The van der Waals surface area contributed by atoms with Crippen molar-refractivity contribution in [2.75, 3.05) is 0 Å². The van der Waals surface area contributed by atoms with Crippen molar-refractivity contribution in [3.63, 3.8) is 0 Å². The minimum absolute atomic E-state index is 0.0219. The van der Waals surface area contributed by atoms with E-state index in [9.17, 15) is 4.79 Å². The van der Waals surface area contributed by atoms with Crippen molar-refractivity contribution in [1.29, 1.82) is 0 Å². The molecule has 0 saturated carbocycles. The van der Waals surface area contributed by atoms with Gasteiger partial charge in [-0.25, -0.2) is 4.68 Å². The van der Waals surface area contributed by atoms with Crippen LogP contribution in [0, 0.1) is 0 Å². The van der Waals surface area contributed by atoms with Gasteiger partial charge in [-0.05, 0) is 43.3 Å². The zero-order valence-electron chi connectivity index (χ0n) is 11.2. The topological polar surface area (TPSA) is 76.5 Å². The van der Waals surface area contributed by atoms with E-state index in [2.05, 4.69) is 20.5 Å². The summed E-state index contributed by atoms with van der Waals surface area (Å²) in [4.78, 5) is 11.5. The second-order valence-corrected chi connectivity index (χ2v) is 4.90. The van der Waals surface area contributed by atoms with Gasteiger partial charge in [0.25, 0.3) is 0 Å². The molecule has 0 atom stereocenters. The van der Waals surface area contributed by atoms with Crippen molar-refractivity contribution in [2.45, 2.75) is 6.92 Å². The molecule has 4 rings (SSSR count). The van der Waals surface area contributed by atoms with Gasteiger partial charge in [0, 0.05) is 10.9 Å². The number of hydrogen-bond donors (Lipinski definition) is 1. The van der Waals surface area contributed by atoms with Crippen LogP contribution in [0.1, 0.15) is 17.3 Å². The number of nitrogens with one attached hydrogen (secondary N) is 1. The Morgan fingerprint density at radius 3 is 2.95 bits per heavy atom. The lowest BCUT2D eigenvalue weighted by atomic mass is 10.1. The molecule has 102 valence electrons. The van der Waals surface area contributed by atoms with E-state index in [0.29, 0.717) is 5.56 Å². The van der Waals surface area contributed by atoms with E-state index in [1.807, 2.05) is 30.3 Å². The fourth-order valence-corrected chi connectivity index (χ4v) is 2.39. The van der Waals surface area contributed by atoms with Crippen molar-refractivity contribution in [3.8, 4) is 5.69 Å². The molecule has 0 aliphatic carbocycles. The van der Waals surface area contributed by atoms with Crippen LogP contribution in [0.25, 0.3) is 27.6 Å². The van der Waals surface area contributed by atoms with E-state index in [4.69, 9.17) is 0 Å². The van der Waals surface area contributed by atoms with Crippen LogP contribution in [-0.4, -0.2) is 31.0 Å². The molecule has 0 bridgehead atoms. The quantitative estimate of drug-likeness (QED) is 0.571. The van der Waals surface area contributed by atoms with E-state index < -0.39 is 0 Å². The molecule has 0 radical (unpaired) electrons. The van der Waals surface area contributed by atoms with Crippen LogP contribution in [-0.2, 0) is 0 Å². The number of benzene rings is 2. The Morgan fingerprint density at radius 2 is 2.10 bits per heavy atom. The lowest BCUT2D eigenvalue weighted by Gasteiger charge is -2.03. The normalized spacial score (nSPS) is 11.3. The second kappa shape index (κ2) is 4.24. The summed E-state index contributed by atoms with van der Waals surface area (Å²) >= 11 is 0. The first-order chi connectivity index (χ1) is 10.2. The summed E-state index contributed by atoms with van der Waals surface area (Å²) in [6.45, 7) is 1.55. The maximum Gasteiger partial charge on any atom is 0.159 e. The van der Waals surface area contributed by atoms with E-state index in [-0.39, 0.29) is 5.78 Å². The summed E-state index contributed by atoms with van der Waals surface area (Å²) < 4.78 is 1.72. The largest absolute Gasteiger partial charge is 0.295 e. The molecule has 2 heterocycles. The highest BCUT2D eigenvalue weighted by Gasteiger charge is 2.10. The molecule has 0 amide bonds. The zero-order valence-corrected chi connectivity index (χ0v) is 11.2. The highest BCUT2D eigenvalue weighted by Crippen LogP contribution is 2.21. The van der Waals surface area contributed by atoms with Crippen molar-refractivity contribution < 1.29 is 4.79 Å². The van der Waals surface area contributed by atoms with Crippen molar-refractivity contribution in [2.24, 2.45) is 0 Å². The molecule has 2 aromatic carbocycles. The molecule has 0 spiro atoms. The zero-order chi connectivity index (χ0) is 14.4. The van der Waals surface area contributed by atoms with Gasteiger partial charge in [-0.1, -0.05) is 5.21 Å². The SMILES string of the molecule is CC(=O)c1ccc2nnn(-c3ccc4cn[nH]c4c3)c2c1. The molecule has 0 unspecified atom stereocenters. The van der Waals surface area contributed by atoms with Crippen molar-refractivity contribution >= 4 is 27.7 Å². The third-order valence-electron chi connectivity index (χ3n) is 3.52. The molecule has 2 aromatic heterocycles. The fraction of sp³-hybridized carbons (Fsp3) is 0.0667. The minimum Gasteiger partial charge on any atom is -0.295 e. The molecule has 4 aromatic rings. The molecule has 6 nitrogen and oxygen atoms in total. The monoisotopic (exact) mass is 277 g/mol. The van der Waals surface area contributed by atoms with Gasteiger partial charge in [-0.3, -0.25) is 9.89 Å². The van der Waals surface area contributed by atoms with Gasteiger partial charge in [-0.15, -0.1) is 5.10 Å². The molecule has 6 heteroatoms. The third kappa shape index (κ3) is 1.80. The number of rotatable bonds is 2. The standard InChI is InChI=1S/C15H11N5O/c1-9(21)10-3-5-13-15(6-10)20(19-18-13)12-4-2-11-8-16-17-14(11)7-12/h2-8H,1H3,(H,16,17). The van der Waals surface area contributed by atoms with Crippen LogP contribution in [0.5, 0.6) is 0 Å². The Bertz CT molecular complexity index is 982. The molecule has 0 fully saturated rings. The van der Waals surface area contributed by atoms with Crippen molar-refractivity contribution in [3.05, 3.63) is 48.2 Å². The van der Waals surface area contributed by atoms with Crippen LogP contribution in [0.15, 0.2) is 42.6 Å². The molecule has 0 aliphatic rings. The predicted octanol–water partition coefficient (Wildman–Crippen LogP) is 2.50. The number of Topliss-reactive ketones (excluding diaryl/α,β-unsaturated/α-hetero) is 1. The first-order valence-electron chi connectivity index (χ1n) is 6.52. The van der Waals surface area contributed by atoms with Gasteiger partial charge in [0.1, 0.15) is 5.52 Å². The summed E-state index contributed by atoms with van der Waals surface area (Å²) in [6, 6.07) is 11.3. The Balaban J connectivity index is 1.96. The van der Waals surface area contributed by atoms with Gasteiger partial charge in [0.15, 0.2) is 5.78 Å². The number of nitrogens with zero attached hydrogens (tertiary/aromatic N) is 4. The first-order valence-corrected chi connectivity index (χ1v) is 6.52. The van der Waals surface area contributed by atoms with Gasteiger partial charge in [0.2, 0.25) is 0 Å². The Hall–Kier alpha value is -3.02. The van der Waals surface area contributed by atoms with Crippen LogP contribution >= 0.6 is 0 Å². The average Bonchev–Trinajstić information content (AvgIpc) is 3.12. The average molecular weight is 277 g/mol. The number of ketones is 1. The van der Waals surface area contributed by atoms with Gasteiger partial charge < -0.3 is 0 Å². The fourth-order valence-electron chi connectivity index (χ4n) is 2.39. The van der Waals surface area contributed by atoms with Gasteiger partial charge >= 0.3 is 0 Å². The van der Waals surface area contributed by atoms with Crippen LogP contribution in [0.3, 0.4) is 0 Å². The molecular formula is C15H11N5O. The number of carbonyl (C=O) groups excluding carboxylic acids is 1. The van der Waals surface area contributed by atoms with E-state index in [1.54, 1.807) is 23.9 Å². The smallest absolute Gasteiger partial charge is 0.159 e. The number of H-pyrrole nitrogens is 1. The van der Waals surface area contributed by atoms with E-state index >= 15 is 0 Å². The second-order valence-electron chi connectivity index (χ2n) is 4.90. The van der Waals surface area contributed by atoms with Crippen LogP contribution < -0.4 is 0 Å². The lowest BCUT2D eigenvalue weighted by Crippen LogP contribution is -1.98. The summed E-state index contributed by atoms with van der Waals surface area (Å²) in [5.41, 5.74) is 4.01. The molecular weight excluding hydrogens is 266 g/mol. The van der Waals surface area contributed by atoms with Crippen molar-refractivity contribution in [1.82, 2.24) is 25.2 Å². The molecule has 0 saturated heterocycles. The highest BCUT2D eigenvalue weighted by molar-refractivity contribution is 5.97. The number of hydrogen-bond acceptors (Lipinski definition) is 4. The molecule has 21 heavy (non-hydrogen) atoms. The Kier molecular flexibility index (Phi) is 2.38. The van der Waals surface area contributed by atoms with Crippen LogP contribution in [0.2, 0.25) is 0 Å². The first kappa shape index (κ1) is 11.8. The third-order valence-corrected chi connectivity index (χ3v) is 3.52. The number of aromatic nitrogens is 5. The summed E-state index contributed by atoms with van der Waals surface area (Å²) in [7, 11) is 0. The summed E-state index contributed by atoms with van der Waals surface area (Å²) in [6.07, 6.45) is 1.77. The number of carbonyl (C=O) groups is 1. The lowest BCUT2D eigenvalue weighted by molar-refractivity contribution is 0.101. The summed E-state index contributed by atoms with van der Waals surface area (Å²) in [5.74, 6) is 0.0219. The minimum atomic E-state index is 0.0219. The van der Waals surface area contributed by atoms with Crippen LogP contribution in [0.4, 0.5) is 0 Å². The number of aromatic amines is 1. The molecule has 0 aliphatic heterocycles. The highest BCUT2D eigenvalue weighted by atomic mass is 16.1. The number of fused-ring (bicyclic) bond motifs is 2. The van der Waals surface area contributed by atoms with E-state index in [0.717, 1.165) is 27.6 Å². The predicted molar refractivity (Wildman–Crippen MR) is 78.5 cm³/mol. The Morgan fingerprint density at radius 1 is 1.19 bits per heavy atom. The van der Waals surface area contributed by atoms with E-state index in [1.165, 1.54) is 0 Å².